The number of thiazole rings is 1. The number of aliphatic imine (C=N–C) groups is 1. The molecule has 0 saturated carbocycles. The van der Waals surface area contributed by atoms with E-state index in [1.165, 1.54) is 28.0 Å². The summed E-state index contributed by atoms with van der Waals surface area (Å²) in [5.74, 6) is -0.521. The number of carbonyl (C=O) groups is 3. The van der Waals surface area contributed by atoms with Crippen molar-refractivity contribution in [1.29, 1.82) is 0 Å². The van der Waals surface area contributed by atoms with Gasteiger partial charge >= 0.3 is 12.1 Å². The molecule has 0 saturated heterocycles. The maximum absolute atomic E-state index is 13.1. The summed E-state index contributed by atoms with van der Waals surface area (Å²) in [6, 6.07) is 4.33. The van der Waals surface area contributed by atoms with Crippen molar-refractivity contribution in [2.75, 3.05) is 32.9 Å². The van der Waals surface area contributed by atoms with Gasteiger partial charge in [0.25, 0.3) is 0 Å². The predicted molar refractivity (Wildman–Crippen MR) is 173 cm³/mol. The molecule has 44 heavy (non-hydrogen) atoms. The number of carbonyl (C=O) groups excluding carboxylic acids is 2. The Morgan fingerprint density at radius 2 is 1.77 bits per heavy atom. The summed E-state index contributed by atoms with van der Waals surface area (Å²) >= 11 is 2.71. The number of phenolic OH excluding ortho intramolecular Hbond substituents is 2. The van der Waals surface area contributed by atoms with Crippen molar-refractivity contribution in [2.45, 2.75) is 45.1 Å². The number of hydrogen-bond acceptors (Lipinski definition) is 10. The summed E-state index contributed by atoms with van der Waals surface area (Å²) in [6.07, 6.45) is 0.0155. The Hall–Kier alpha value is -4.10. The lowest BCUT2D eigenvalue weighted by molar-refractivity contribution is -0.137. The zero-order chi connectivity index (χ0) is 32.5. The van der Waals surface area contributed by atoms with Crippen molar-refractivity contribution in [3.05, 3.63) is 44.8 Å². The van der Waals surface area contributed by atoms with Gasteiger partial charge in [0.15, 0.2) is 6.04 Å². The molecule has 2 amide bonds. The quantitative estimate of drug-likeness (QED) is 0.283. The Morgan fingerprint density at radius 3 is 2.43 bits per heavy atom. The number of hydrogen-bond donors (Lipinski definition) is 3. The maximum Gasteiger partial charge on any atom is 0.414 e. The van der Waals surface area contributed by atoms with E-state index in [2.05, 4.69) is 23.1 Å². The van der Waals surface area contributed by atoms with E-state index in [9.17, 15) is 29.7 Å². The molecule has 0 spiro atoms. The lowest BCUT2D eigenvalue weighted by Gasteiger charge is -2.29. The number of aliphatic carboxylic acids is 1. The third kappa shape index (κ3) is 6.83. The molecule has 1 atom stereocenters. The molecule has 0 bridgehead atoms. The third-order valence-electron chi connectivity index (χ3n) is 7.60. The fourth-order valence-electron chi connectivity index (χ4n) is 4.91. The first-order valence-corrected chi connectivity index (χ1v) is 15.6. The number of thioether (sulfide) groups is 1. The monoisotopic (exact) mass is 640 g/mol. The van der Waals surface area contributed by atoms with E-state index in [1.54, 1.807) is 44.1 Å². The second kappa shape index (κ2) is 12.9. The number of phenols is 2. The van der Waals surface area contributed by atoms with Crippen LogP contribution in [0.5, 0.6) is 17.2 Å². The highest BCUT2D eigenvalue weighted by Crippen LogP contribution is 2.33. The second-order valence-electron chi connectivity index (χ2n) is 11.4. The number of benzene rings is 2. The van der Waals surface area contributed by atoms with Gasteiger partial charge in [-0.25, -0.2) is 14.6 Å². The number of aromatic hydroxyl groups is 2. The van der Waals surface area contributed by atoms with E-state index < -0.39 is 23.5 Å². The number of ether oxygens (including phenoxy) is 1. The van der Waals surface area contributed by atoms with E-state index >= 15 is 0 Å². The zero-order valence-electron chi connectivity index (χ0n) is 25.3. The van der Waals surface area contributed by atoms with E-state index in [4.69, 9.17) is 4.74 Å². The molecule has 1 aliphatic rings. The SMILES string of the molecule is C=c1c(C)c(O)c(=C)c(C(C)(C)CC(=O)N(C)CCCN(C)C(=O)Oc2ccc3nc(C4=NC(C(=O)O)CS4)sc3c2)c1O. The van der Waals surface area contributed by atoms with Gasteiger partial charge < -0.3 is 29.9 Å². The fraction of sp³-hybridized carbons (Fsp3) is 0.387. The van der Waals surface area contributed by atoms with Crippen LogP contribution in [0.15, 0.2) is 23.2 Å². The minimum atomic E-state index is -0.962. The maximum atomic E-state index is 13.1. The number of rotatable bonds is 10. The number of fused-ring (bicyclic) bond motifs is 1. The van der Waals surface area contributed by atoms with Crippen LogP contribution in [-0.2, 0) is 15.0 Å². The molecule has 0 radical (unpaired) electrons. The number of nitrogens with zero attached hydrogens (tertiary/aromatic N) is 4. The Balaban J connectivity index is 1.30. The first-order valence-electron chi connectivity index (χ1n) is 13.8. The Kier molecular flexibility index (Phi) is 9.59. The normalized spacial score (nSPS) is 14.8. The van der Waals surface area contributed by atoms with Crippen LogP contribution < -0.4 is 15.2 Å². The van der Waals surface area contributed by atoms with E-state index in [0.717, 1.165) is 4.70 Å². The van der Waals surface area contributed by atoms with Gasteiger partial charge in [-0.15, -0.1) is 23.1 Å². The molecule has 4 rings (SSSR count). The van der Waals surface area contributed by atoms with Gasteiger partial charge in [-0.2, -0.15) is 0 Å². The van der Waals surface area contributed by atoms with E-state index in [1.807, 2.05) is 13.8 Å². The van der Waals surface area contributed by atoms with Gasteiger partial charge in [0.2, 0.25) is 5.91 Å². The molecule has 234 valence electrons. The first kappa shape index (κ1) is 32.8. The molecule has 1 unspecified atom stereocenters. The van der Waals surface area contributed by atoms with E-state index in [0.29, 0.717) is 62.9 Å². The molecule has 3 N–H and O–H groups in total. The van der Waals surface area contributed by atoms with Crippen molar-refractivity contribution in [1.82, 2.24) is 14.8 Å². The van der Waals surface area contributed by atoms with Crippen molar-refractivity contribution in [3.63, 3.8) is 0 Å². The van der Waals surface area contributed by atoms with E-state index in [-0.39, 0.29) is 29.0 Å². The van der Waals surface area contributed by atoms with Gasteiger partial charge in [0.1, 0.15) is 27.3 Å². The Bertz CT molecular complexity index is 1770. The lowest BCUT2D eigenvalue weighted by atomic mass is 9.78. The summed E-state index contributed by atoms with van der Waals surface area (Å²) in [7, 11) is 3.29. The lowest BCUT2D eigenvalue weighted by Crippen LogP contribution is -2.38. The molecule has 13 heteroatoms. The number of amides is 2. The molecular weight excluding hydrogens is 604 g/mol. The smallest absolute Gasteiger partial charge is 0.414 e. The molecule has 2 heterocycles. The van der Waals surface area contributed by atoms with Crippen molar-refractivity contribution >= 4 is 69.5 Å². The van der Waals surface area contributed by atoms with Gasteiger partial charge in [0, 0.05) is 72.4 Å². The van der Waals surface area contributed by atoms with Gasteiger partial charge in [0.05, 0.1) is 10.2 Å². The minimum Gasteiger partial charge on any atom is -0.507 e. The standard InChI is InChI=1S/C31H36N4O7S2/c1-16-17(2)26(38)24(18(3)25(16)37)31(4,5)14-23(36)34(6)11-8-12-35(7)30(41)42-19-9-10-20-22(13-19)44-28(32-20)27-33-21(15-43-27)29(39)40/h9-10,13,21,37-38H,2-3,8,11-12,14-15H2,1,4-7H3,(H,39,40). The van der Waals surface area contributed by atoms with Crippen LogP contribution in [-0.4, -0.2) is 92.1 Å². The topological polar surface area (TPSA) is 153 Å². The van der Waals surface area contributed by atoms with Gasteiger partial charge in [-0.05, 0) is 25.5 Å². The van der Waals surface area contributed by atoms with Gasteiger partial charge in [-0.1, -0.05) is 27.0 Å². The van der Waals surface area contributed by atoms with Gasteiger partial charge in [-0.3, -0.25) is 9.79 Å². The molecule has 11 nitrogen and oxygen atoms in total. The molecule has 2 aromatic carbocycles. The highest BCUT2D eigenvalue weighted by Gasteiger charge is 2.31. The molecule has 0 aliphatic carbocycles. The van der Waals surface area contributed by atoms with Crippen LogP contribution in [0, 0.1) is 6.92 Å². The largest absolute Gasteiger partial charge is 0.507 e. The summed E-state index contributed by atoms with van der Waals surface area (Å²) in [5, 5.41) is 32.2. The van der Waals surface area contributed by atoms with Crippen molar-refractivity contribution in [3.8, 4) is 17.2 Å². The highest BCUT2D eigenvalue weighted by atomic mass is 32.2. The summed E-state index contributed by atoms with van der Waals surface area (Å²) in [4.78, 5) is 48.8. The second-order valence-corrected chi connectivity index (χ2v) is 13.5. The summed E-state index contributed by atoms with van der Waals surface area (Å²) in [6.45, 7) is 13.8. The molecule has 3 aromatic rings. The highest BCUT2D eigenvalue weighted by molar-refractivity contribution is 8.15. The van der Waals surface area contributed by atoms with Crippen LogP contribution >= 0.6 is 23.1 Å². The van der Waals surface area contributed by atoms with Crippen molar-refractivity contribution < 1.29 is 34.4 Å². The van der Waals surface area contributed by atoms with Crippen LogP contribution in [0.3, 0.4) is 0 Å². The van der Waals surface area contributed by atoms with Crippen molar-refractivity contribution in [2.24, 2.45) is 4.99 Å². The average molecular weight is 641 g/mol. The summed E-state index contributed by atoms with van der Waals surface area (Å²) < 4.78 is 6.34. The Labute approximate surface area is 263 Å². The van der Waals surface area contributed by atoms with Crippen LogP contribution in [0.2, 0.25) is 0 Å². The molecule has 1 aromatic heterocycles. The summed E-state index contributed by atoms with van der Waals surface area (Å²) in [5.41, 5.74) is 0.710. The van der Waals surface area contributed by atoms with Crippen LogP contribution in [0.4, 0.5) is 4.79 Å². The first-order chi connectivity index (χ1) is 20.6. The Morgan fingerprint density at radius 1 is 1.09 bits per heavy atom. The molecular formula is C31H36N4O7S2. The number of carboxylic acids is 1. The zero-order valence-corrected chi connectivity index (χ0v) is 27.0. The number of aromatic nitrogens is 1. The molecule has 1 aliphatic heterocycles. The third-order valence-corrected chi connectivity index (χ3v) is 9.81. The number of carboxylic acid groups (broad SMARTS) is 1. The van der Waals surface area contributed by atoms with Crippen LogP contribution in [0.1, 0.15) is 42.8 Å². The predicted octanol–water partition coefficient (Wildman–Crippen LogP) is 3.43. The average Bonchev–Trinajstić information content (AvgIpc) is 3.62. The fourth-order valence-corrected chi connectivity index (χ4v) is 7.00. The minimum absolute atomic E-state index is 0.0443. The van der Waals surface area contributed by atoms with Crippen LogP contribution in [0.25, 0.3) is 23.4 Å². The molecule has 0 fully saturated rings.